The van der Waals surface area contributed by atoms with E-state index in [1.54, 1.807) is 4.90 Å². The molecule has 124 valence electrons. The number of hydrogen-bond donors (Lipinski definition) is 0. The van der Waals surface area contributed by atoms with Gasteiger partial charge in [0.15, 0.2) is 0 Å². The number of amides is 1. The smallest absolute Gasteiger partial charge is 0.230 e. The number of carbonyl (C=O) groups excluding carboxylic acids is 2. The van der Waals surface area contributed by atoms with E-state index in [1.165, 1.54) is 0 Å². The monoisotopic (exact) mass is 405 g/mol. The van der Waals surface area contributed by atoms with Gasteiger partial charge in [-0.3, -0.25) is 4.79 Å². The van der Waals surface area contributed by atoms with Gasteiger partial charge in [0.2, 0.25) is 5.91 Å². The van der Waals surface area contributed by atoms with Crippen LogP contribution in [0.5, 0.6) is 0 Å². The maximum absolute atomic E-state index is 12.9. The molecular weight excluding hydrogens is 390 g/mol. The summed E-state index contributed by atoms with van der Waals surface area (Å²) >= 11 is 9.69. The van der Waals surface area contributed by atoms with Gasteiger partial charge >= 0.3 is 0 Å². The Kier molecular flexibility index (Phi) is 5.36. The molecule has 1 atom stereocenters. The molecule has 1 aliphatic carbocycles. The molecule has 0 aromatic heterocycles. The summed E-state index contributed by atoms with van der Waals surface area (Å²) in [6.45, 7) is 0.955. The highest BCUT2D eigenvalue weighted by molar-refractivity contribution is 9.10. The predicted molar refractivity (Wildman–Crippen MR) is 98.1 cm³/mol. The fraction of sp³-hybridized carbons (Fsp3) is 0.263. The SMILES string of the molecule is O=CCCN(Cc1ccccc1)C(=O)C1Cc2c1ccc(Br)c2Cl. The molecule has 3 nitrogen and oxygen atoms in total. The van der Waals surface area contributed by atoms with Crippen LogP contribution in [-0.4, -0.2) is 23.6 Å². The summed E-state index contributed by atoms with van der Waals surface area (Å²) in [7, 11) is 0. The molecule has 0 spiro atoms. The third-order valence-electron chi connectivity index (χ3n) is 4.36. The maximum atomic E-state index is 12.9. The highest BCUT2D eigenvalue weighted by atomic mass is 79.9. The minimum Gasteiger partial charge on any atom is -0.337 e. The van der Waals surface area contributed by atoms with Crippen LogP contribution in [0.25, 0.3) is 0 Å². The standard InChI is InChI=1S/C19H17BrClNO2/c20-17-8-7-14-15(18(17)21)11-16(14)19(24)22(9-4-10-23)12-13-5-2-1-3-6-13/h1-3,5-8,10,16H,4,9,11-12H2. The summed E-state index contributed by atoms with van der Waals surface area (Å²) < 4.78 is 0.857. The third-order valence-corrected chi connectivity index (χ3v) is 5.68. The van der Waals surface area contributed by atoms with Gasteiger partial charge < -0.3 is 9.69 Å². The van der Waals surface area contributed by atoms with Gasteiger partial charge in [0.05, 0.1) is 10.9 Å². The van der Waals surface area contributed by atoms with Crippen LogP contribution < -0.4 is 0 Å². The Morgan fingerprint density at radius 2 is 2.00 bits per heavy atom. The molecule has 0 saturated carbocycles. The zero-order valence-electron chi connectivity index (χ0n) is 13.0. The lowest BCUT2D eigenvalue weighted by atomic mass is 9.76. The van der Waals surface area contributed by atoms with Crippen molar-refractivity contribution in [2.75, 3.05) is 6.54 Å². The molecule has 0 saturated heterocycles. The van der Waals surface area contributed by atoms with Crippen LogP contribution in [0.4, 0.5) is 0 Å². The van der Waals surface area contributed by atoms with E-state index >= 15 is 0 Å². The van der Waals surface area contributed by atoms with E-state index in [-0.39, 0.29) is 11.8 Å². The average molecular weight is 407 g/mol. The van der Waals surface area contributed by atoms with Gasteiger partial charge in [0, 0.05) is 24.0 Å². The Balaban J connectivity index is 1.79. The van der Waals surface area contributed by atoms with Gasteiger partial charge in [-0.05, 0) is 45.1 Å². The first-order valence-electron chi connectivity index (χ1n) is 7.85. The van der Waals surface area contributed by atoms with Gasteiger partial charge in [-0.25, -0.2) is 0 Å². The number of benzene rings is 2. The Bertz CT molecular complexity index is 763. The first-order valence-corrected chi connectivity index (χ1v) is 9.02. The Labute approximate surface area is 154 Å². The lowest BCUT2D eigenvalue weighted by molar-refractivity contribution is -0.134. The van der Waals surface area contributed by atoms with Crippen LogP contribution in [0.2, 0.25) is 5.02 Å². The predicted octanol–water partition coefficient (Wildman–Crippen LogP) is 4.36. The second kappa shape index (κ2) is 7.49. The highest BCUT2D eigenvalue weighted by Crippen LogP contribution is 2.43. The summed E-state index contributed by atoms with van der Waals surface area (Å²) in [5, 5.41) is 0.694. The van der Waals surface area contributed by atoms with Crippen LogP contribution in [0.3, 0.4) is 0 Å². The minimum absolute atomic E-state index is 0.0617. The zero-order valence-corrected chi connectivity index (χ0v) is 15.4. The molecule has 24 heavy (non-hydrogen) atoms. The van der Waals surface area contributed by atoms with Crippen molar-refractivity contribution in [3.05, 3.63) is 68.7 Å². The van der Waals surface area contributed by atoms with Crippen LogP contribution in [0, 0.1) is 0 Å². The minimum atomic E-state index is -0.166. The molecule has 2 aromatic carbocycles. The molecule has 0 fully saturated rings. The number of aldehydes is 1. The molecule has 0 heterocycles. The molecular formula is C19H17BrClNO2. The molecule has 2 aromatic rings. The van der Waals surface area contributed by atoms with Crippen LogP contribution in [0.15, 0.2) is 46.9 Å². The number of halogens is 2. The Hall–Kier alpha value is -1.65. The van der Waals surface area contributed by atoms with Gasteiger partial charge in [0.25, 0.3) is 0 Å². The fourth-order valence-corrected chi connectivity index (χ4v) is 3.67. The first kappa shape index (κ1) is 17.2. The van der Waals surface area contributed by atoms with E-state index < -0.39 is 0 Å². The third kappa shape index (κ3) is 3.40. The summed E-state index contributed by atoms with van der Waals surface area (Å²) in [6, 6.07) is 13.7. The van der Waals surface area contributed by atoms with Crippen LogP contribution in [-0.2, 0) is 22.6 Å². The van der Waals surface area contributed by atoms with E-state index in [1.807, 2.05) is 42.5 Å². The van der Waals surface area contributed by atoms with Crippen molar-refractivity contribution in [3.8, 4) is 0 Å². The number of fused-ring (bicyclic) bond motifs is 1. The average Bonchev–Trinajstić information content (AvgIpc) is 2.57. The quantitative estimate of drug-likeness (QED) is 0.668. The fourth-order valence-electron chi connectivity index (χ4n) is 3.04. The molecule has 1 aliphatic rings. The maximum Gasteiger partial charge on any atom is 0.230 e. The van der Waals surface area contributed by atoms with E-state index in [4.69, 9.17) is 11.6 Å². The van der Waals surface area contributed by atoms with Crippen LogP contribution in [0.1, 0.15) is 29.0 Å². The lowest BCUT2D eigenvalue weighted by Crippen LogP contribution is -2.39. The van der Waals surface area contributed by atoms with E-state index in [0.29, 0.717) is 31.0 Å². The van der Waals surface area contributed by atoms with Gasteiger partial charge in [-0.1, -0.05) is 48.0 Å². The van der Waals surface area contributed by atoms with Crippen molar-refractivity contribution in [2.45, 2.75) is 25.3 Å². The molecule has 5 heteroatoms. The Morgan fingerprint density at radius 1 is 1.25 bits per heavy atom. The number of rotatable bonds is 6. The van der Waals surface area contributed by atoms with Crippen molar-refractivity contribution in [1.82, 2.24) is 4.90 Å². The van der Waals surface area contributed by atoms with Crippen molar-refractivity contribution >= 4 is 39.7 Å². The lowest BCUT2D eigenvalue weighted by Gasteiger charge is -2.35. The second-order valence-corrected chi connectivity index (χ2v) is 7.12. The van der Waals surface area contributed by atoms with Crippen molar-refractivity contribution in [2.24, 2.45) is 0 Å². The van der Waals surface area contributed by atoms with Crippen molar-refractivity contribution in [1.29, 1.82) is 0 Å². The van der Waals surface area contributed by atoms with Crippen molar-refractivity contribution in [3.63, 3.8) is 0 Å². The molecule has 0 radical (unpaired) electrons. The van der Waals surface area contributed by atoms with E-state index in [9.17, 15) is 9.59 Å². The van der Waals surface area contributed by atoms with Crippen LogP contribution >= 0.6 is 27.5 Å². The molecule has 1 amide bonds. The van der Waals surface area contributed by atoms with Gasteiger partial charge in [-0.2, -0.15) is 0 Å². The summed E-state index contributed by atoms with van der Waals surface area (Å²) in [4.78, 5) is 25.5. The van der Waals surface area contributed by atoms with Crippen molar-refractivity contribution < 1.29 is 9.59 Å². The molecule has 0 bridgehead atoms. The first-order chi connectivity index (χ1) is 11.6. The van der Waals surface area contributed by atoms with E-state index in [0.717, 1.165) is 27.4 Å². The topological polar surface area (TPSA) is 37.4 Å². The molecule has 1 unspecified atom stereocenters. The zero-order chi connectivity index (χ0) is 17.1. The highest BCUT2D eigenvalue weighted by Gasteiger charge is 2.36. The summed E-state index contributed by atoms with van der Waals surface area (Å²) in [5.41, 5.74) is 3.10. The number of hydrogen-bond acceptors (Lipinski definition) is 2. The molecule has 0 aliphatic heterocycles. The van der Waals surface area contributed by atoms with Gasteiger partial charge in [-0.15, -0.1) is 0 Å². The molecule has 3 rings (SSSR count). The largest absolute Gasteiger partial charge is 0.337 e. The normalized spacial score (nSPS) is 15.3. The van der Waals surface area contributed by atoms with Gasteiger partial charge in [0.1, 0.15) is 6.29 Å². The van der Waals surface area contributed by atoms with E-state index in [2.05, 4.69) is 15.9 Å². The number of carbonyl (C=O) groups is 2. The molecule has 0 N–H and O–H groups in total. The summed E-state index contributed by atoms with van der Waals surface area (Å²) in [6.07, 6.45) is 1.85. The Morgan fingerprint density at radius 3 is 2.71 bits per heavy atom. The summed E-state index contributed by atoms with van der Waals surface area (Å²) in [5.74, 6) is -0.104. The number of nitrogens with zero attached hydrogens (tertiary/aromatic N) is 1. The second-order valence-electron chi connectivity index (χ2n) is 5.89.